The number of nitrogens with zero attached hydrogens (tertiary/aromatic N) is 4. The molecule has 0 aliphatic rings. The van der Waals surface area contributed by atoms with Crippen molar-refractivity contribution in [1.29, 1.82) is 0 Å². The van der Waals surface area contributed by atoms with Gasteiger partial charge >= 0.3 is 0 Å². The van der Waals surface area contributed by atoms with Crippen molar-refractivity contribution in [3.05, 3.63) is 108 Å². The molecule has 0 aliphatic heterocycles. The second-order valence-corrected chi connectivity index (χ2v) is 11.4. The molecule has 0 spiro atoms. The van der Waals surface area contributed by atoms with Crippen LogP contribution in [-0.2, 0) is 16.6 Å². The summed E-state index contributed by atoms with van der Waals surface area (Å²) >= 11 is 1.44. The van der Waals surface area contributed by atoms with Crippen molar-refractivity contribution < 1.29 is 13.2 Å². The first-order chi connectivity index (χ1) is 17.8. The summed E-state index contributed by atoms with van der Waals surface area (Å²) in [5.74, 6) is -0.294. The van der Waals surface area contributed by atoms with Gasteiger partial charge in [0.1, 0.15) is 0 Å². The van der Waals surface area contributed by atoms with E-state index in [1.54, 1.807) is 11.1 Å². The summed E-state index contributed by atoms with van der Waals surface area (Å²) in [6.07, 6.45) is 4.73. The van der Waals surface area contributed by atoms with E-state index in [2.05, 4.69) is 18.1 Å². The number of hydrogen-bond acceptors (Lipinski definition) is 6. The second kappa shape index (κ2) is 11.2. The molecule has 190 valence electrons. The van der Waals surface area contributed by atoms with Crippen LogP contribution in [0.3, 0.4) is 0 Å². The third-order valence-electron chi connectivity index (χ3n) is 6.00. The summed E-state index contributed by atoms with van der Waals surface area (Å²) < 4.78 is 28.4. The minimum absolute atomic E-state index is 0.0927. The van der Waals surface area contributed by atoms with Crippen molar-refractivity contribution in [3.8, 4) is 0 Å². The molecule has 0 saturated heterocycles. The molecule has 0 radical (unpaired) electrons. The minimum atomic E-state index is -3.77. The maximum atomic E-state index is 13.8. The molecule has 4 rings (SSSR count). The fourth-order valence-corrected chi connectivity index (χ4v) is 6.25. The fraction of sp³-hybridized carbons (Fsp3) is 0.179. The number of carbonyl (C=O) groups excluding carboxylic acids is 1. The first-order valence-corrected chi connectivity index (χ1v) is 13.9. The molecule has 0 N–H and O–H groups in total. The monoisotopic (exact) mass is 532 g/mol. The number of aromatic nitrogens is 2. The zero-order chi connectivity index (χ0) is 26.6. The van der Waals surface area contributed by atoms with E-state index in [9.17, 15) is 13.2 Å². The van der Waals surface area contributed by atoms with Crippen molar-refractivity contribution in [1.82, 2.24) is 14.3 Å². The Balaban J connectivity index is 1.71. The summed E-state index contributed by atoms with van der Waals surface area (Å²) in [5, 5.41) is 0.555. The molecule has 0 bridgehead atoms. The van der Waals surface area contributed by atoms with Gasteiger partial charge in [-0.2, -0.15) is 4.31 Å². The predicted octanol–water partition coefficient (Wildman–Crippen LogP) is 5.52. The van der Waals surface area contributed by atoms with E-state index in [0.29, 0.717) is 16.4 Å². The van der Waals surface area contributed by atoms with Crippen LogP contribution in [0.15, 0.2) is 91.0 Å². The average molecular weight is 533 g/mol. The standard InChI is InChI=1S/C28H28N4O3S2/c1-5-17-31(18-6-2)37(34,35)24-13-11-22(12-14-24)27(33)32(19-23-9-7-8-16-29-23)28-30-26-21(4)20(3)10-15-25(26)36-28/h5-16H,1-2,17-19H2,3-4H3. The van der Waals surface area contributed by atoms with Crippen LogP contribution in [0.5, 0.6) is 0 Å². The highest BCUT2D eigenvalue weighted by molar-refractivity contribution is 7.89. The average Bonchev–Trinajstić information content (AvgIpc) is 3.34. The molecule has 2 aromatic carbocycles. The molecule has 37 heavy (non-hydrogen) atoms. The smallest absolute Gasteiger partial charge is 0.260 e. The van der Waals surface area contributed by atoms with Gasteiger partial charge in [0.25, 0.3) is 5.91 Å². The lowest BCUT2D eigenvalue weighted by Crippen LogP contribution is -2.32. The fourth-order valence-electron chi connectivity index (χ4n) is 3.84. The van der Waals surface area contributed by atoms with E-state index < -0.39 is 10.0 Å². The van der Waals surface area contributed by atoms with Gasteiger partial charge in [0, 0.05) is 24.8 Å². The Morgan fingerprint density at radius 1 is 1.00 bits per heavy atom. The zero-order valence-electron chi connectivity index (χ0n) is 20.8. The molecule has 9 heteroatoms. The largest absolute Gasteiger partial charge is 0.278 e. The Kier molecular flexibility index (Phi) is 7.97. The van der Waals surface area contributed by atoms with Crippen LogP contribution in [0.25, 0.3) is 10.2 Å². The van der Waals surface area contributed by atoms with Crippen LogP contribution in [0.1, 0.15) is 27.2 Å². The van der Waals surface area contributed by atoms with E-state index in [-0.39, 0.29) is 30.4 Å². The van der Waals surface area contributed by atoms with Crippen molar-refractivity contribution in [2.75, 3.05) is 18.0 Å². The molecular weight excluding hydrogens is 504 g/mol. The van der Waals surface area contributed by atoms with Crippen molar-refractivity contribution in [2.24, 2.45) is 0 Å². The van der Waals surface area contributed by atoms with Crippen LogP contribution in [0, 0.1) is 13.8 Å². The lowest BCUT2D eigenvalue weighted by Gasteiger charge is -2.21. The third-order valence-corrected chi connectivity index (χ3v) is 8.89. The molecule has 4 aromatic rings. The number of pyridine rings is 1. The summed E-state index contributed by atoms with van der Waals surface area (Å²) in [4.78, 5) is 24.6. The summed E-state index contributed by atoms with van der Waals surface area (Å²) in [7, 11) is -3.77. The molecule has 0 fully saturated rings. The number of amides is 1. The second-order valence-electron chi connectivity index (χ2n) is 8.49. The van der Waals surface area contributed by atoms with E-state index in [1.807, 2.05) is 44.2 Å². The topological polar surface area (TPSA) is 83.5 Å². The minimum Gasteiger partial charge on any atom is -0.278 e. The number of aryl methyl sites for hydroxylation is 2. The lowest BCUT2D eigenvalue weighted by molar-refractivity contribution is 0.0984. The van der Waals surface area contributed by atoms with E-state index in [0.717, 1.165) is 21.3 Å². The van der Waals surface area contributed by atoms with E-state index in [4.69, 9.17) is 4.98 Å². The number of hydrogen-bond donors (Lipinski definition) is 0. The Morgan fingerprint density at radius 3 is 2.32 bits per heavy atom. The highest BCUT2D eigenvalue weighted by atomic mass is 32.2. The number of rotatable bonds is 10. The molecule has 0 atom stereocenters. The SMILES string of the molecule is C=CCN(CC=C)S(=O)(=O)c1ccc(C(=O)N(Cc2ccccn2)c2nc3c(C)c(C)ccc3s2)cc1. The van der Waals surface area contributed by atoms with Crippen LogP contribution < -0.4 is 4.90 Å². The summed E-state index contributed by atoms with van der Waals surface area (Å²) in [6.45, 7) is 11.9. The molecule has 1 amide bonds. The predicted molar refractivity (Wildman–Crippen MR) is 149 cm³/mol. The molecule has 2 aromatic heterocycles. The Hall–Kier alpha value is -3.66. The van der Waals surface area contributed by atoms with Crippen molar-refractivity contribution >= 4 is 42.6 Å². The quantitative estimate of drug-likeness (QED) is 0.251. The Morgan fingerprint density at radius 2 is 1.70 bits per heavy atom. The van der Waals surface area contributed by atoms with Crippen LogP contribution in [-0.4, -0.2) is 41.7 Å². The Bertz CT molecular complexity index is 1540. The molecule has 0 aliphatic carbocycles. The normalized spacial score (nSPS) is 11.5. The van der Waals surface area contributed by atoms with Gasteiger partial charge < -0.3 is 0 Å². The van der Waals surface area contributed by atoms with Gasteiger partial charge in [-0.15, -0.1) is 13.2 Å². The van der Waals surface area contributed by atoms with Crippen molar-refractivity contribution in [2.45, 2.75) is 25.3 Å². The molecule has 0 unspecified atom stereocenters. The lowest BCUT2D eigenvalue weighted by atomic mass is 10.1. The summed E-state index contributed by atoms with van der Waals surface area (Å²) in [5.41, 5.74) is 4.13. The highest BCUT2D eigenvalue weighted by Crippen LogP contribution is 2.33. The molecule has 7 nitrogen and oxygen atoms in total. The van der Waals surface area contributed by atoms with Gasteiger partial charge in [-0.05, 0) is 67.4 Å². The summed E-state index contributed by atoms with van der Waals surface area (Å²) in [6, 6.07) is 15.6. The first-order valence-electron chi connectivity index (χ1n) is 11.7. The number of benzene rings is 2. The van der Waals surface area contributed by atoms with Crippen LogP contribution in [0.4, 0.5) is 5.13 Å². The Labute approximate surface area is 221 Å². The molecule has 2 heterocycles. The van der Waals surface area contributed by atoms with Crippen molar-refractivity contribution in [3.63, 3.8) is 0 Å². The van der Waals surface area contributed by atoms with Gasteiger partial charge in [-0.1, -0.05) is 35.6 Å². The highest BCUT2D eigenvalue weighted by Gasteiger charge is 2.25. The number of anilines is 1. The van der Waals surface area contributed by atoms with Gasteiger partial charge in [0.05, 0.1) is 27.4 Å². The number of sulfonamides is 1. The van der Waals surface area contributed by atoms with Gasteiger partial charge in [0.15, 0.2) is 5.13 Å². The number of thiazole rings is 1. The zero-order valence-corrected chi connectivity index (χ0v) is 22.4. The van der Waals surface area contributed by atoms with Gasteiger partial charge in [-0.25, -0.2) is 13.4 Å². The van der Waals surface area contributed by atoms with Gasteiger partial charge in [0.2, 0.25) is 10.0 Å². The van der Waals surface area contributed by atoms with E-state index in [1.165, 1.54) is 52.1 Å². The maximum absolute atomic E-state index is 13.8. The maximum Gasteiger partial charge on any atom is 0.260 e. The molecule has 0 saturated carbocycles. The van der Waals surface area contributed by atoms with E-state index >= 15 is 0 Å². The van der Waals surface area contributed by atoms with Crippen LogP contribution in [0.2, 0.25) is 0 Å². The first kappa shape index (κ1) is 26.4. The van der Waals surface area contributed by atoms with Gasteiger partial charge in [-0.3, -0.25) is 14.7 Å². The third kappa shape index (κ3) is 5.53. The van der Waals surface area contributed by atoms with Crippen LogP contribution >= 0.6 is 11.3 Å². The number of fused-ring (bicyclic) bond motifs is 1. The number of carbonyl (C=O) groups is 1. The molecular formula is C28H28N4O3S2.